The molecule has 49 heavy (non-hydrogen) atoms. The molecule has 4 heterocycles. The van der Waals surface area contributed by atoms with Gasteiger partial charge in [0.05, 0.1) is 48.6 Å². The van der Waals surface area contributed by atoms with Crippen LogP contribution >= 0.6 is 0 Å². The molecule has 2 aliphatic rings. The molecule has 2 aromatic heterocycles. The second kappa shape index (κ2) is 14.8. The normalized spacial score (nSPS) is 13.8. The quantitative estimate of drug-likeness (QED) is 0.138. The average Bonchev–Trinajstić information content (AvgIpc) is 3.67. The van der Waals surface area contributed by atoms with Crippen molar-refractivity contribution in [3.8, 4) is 22.9 Å². The molecule has 1 unspecified atom stereocenters. The standard InChI is InChI=1S/C34H38N4O11/c1-5-8-37(29(41)6-7-30(42)43)14-28(40)36-31(18(2)3)34(45)49-27(15-39)21-11-24-32-20(13-38(24)33(44)22(21)16-46-4)9-19-10-25-26(48-17-47-25)12-23(19)35-32/h9-12,15,18,27,31H,5-8,13-14,16-17H2,1-4H3,(H,36,40)(H,42,43)/t27-,31?/m1/s1. The number of aldehydes is 1. The highest BCUT2D eigenvalue weighted by atomic mass is 16.7. The van der Waals surface area contributed by atoms with E-state index in [-0.39, 0.29) is 50.5 Å². The molecule has 2 N–H and O–H groups in total. The van der Waals surface area contributed by atoms with Crippen LogP contribution in [0.5, 0.6) is 11.5 Å². The molecule has 260 valence electrons. The van der Waals surface area contributed by atoms with Crippen LogP contribution in [0.4, 0.5) is 0 Å². The van der Waals surface area contributed by atoms with Gasteiger partial charge in [0.15, 0.2) is 23.9 Å². The van der Waals surface area contributed by atoms with Crippen LogP contribution in [0.2, 0.25) is 0 Å². The first-order valence-electron chi connectivity index (χ1n) is 15.9. The minimum atomic E-state index is -1.53. The van der Waals surface area contributed by atoms with Crippen LogP contribution in [0.3, 0.4) is 0 Å². The van der Waals surface area contributed by atoms with Gasteiger partial charge in [-0.15, -0.1) is 0 Å². The highest BCUT2D eigenvalue weighted by Crippen LogP contribution is 2.39. The molecule has 0 fully saturated rings. The number of nitrogens with one attached hydrogen (secondary N) is 1. The number of pyridine rings is 2. The van der Waals surface area contributed by atoms with E-state index in [0.717, 1.165) is 10.9 Å². The molecule has 0 radical (unpaired) electrons. The van der Waals surface area contributed by atoms with Gasteiger partial charge in [-0.2, -0.15) is 0 Å². The van der Waals surface area contributed by atoms with Gasteiger partial charge in [0.2, 0.25) is 18.6 Å². The van der Waals surface area contributed by atoms with Crippen LogP contribution in [0.25, 0.3) is 22.3 Å². The number of fused-ring (bicyclic) bond motifs is 5. The number of carbonyl (C=O) groups excluding carboxylic acids is 4. The number of rotatable bonds is 15. The van der Waals surface area contributed by atoms with E-state index in [0.29, 0.717) is 41.1 Å². The maximum atomic E-state index is 13.8. The molecule has 3 aromatic rings. The Bertz CT molecular complexity index is 1870. The van der Waals surface area contributed by atoms with E-state index < -0.39 is 53.9 Å². The summed E-state index contributed by atoms with van der Waals surface area (Å²) in [6.07, 6.45) is -1.25. The van der Waals surface area contributed by atoms with Crippen molar-refractivity contribution in [2.24, 2.45) is 5.92 Å². The van der Waals surface area contributed by atoms with Crippen molar-refractivity contribution >= 4 is 40.9 Å². The zero-order valence-electron chi connectivity index (χ0n) is 27.6. The fourth-order valence-electron chi connectivity index (χ4n) is 5.91. The van der Waals surface area contributed by atoms with Gasteiger partial charge in [-0.1, -0.05) is 20.8 Å². The zero-order valence-corrected chi connectivity index (χ0v) is 27.6. The molecule has 0 bridgehead atoms. The highest BCUT2D eigenvalue weighted by Gasteiger charge is 2.33. The summed E-state index contributed by atoms with van der Waals surface area (Å²) in [5, 5.41) is 12.3. The minimum Gasteiger partial charge on any atom is -0.481 e. The summed E-state index contributed by atoms with van der Waals surface area (Å²) in [6, 6.07) is 5.87. The molecule has 15 nitrogen and oxygen atoms in total. The fraction of sp³-hybridized carbons (Fsp3) is 0.441. The summed E-state index contributed by atoms with van der Waals surface area (Å²) in [4.78, 5) is 82.4. The lowest BCUT2D eigenvalue weighted by molar-refractivity contribution is -0.157. The second-order valence-electron chi connectivity index (χ2n) is 12.2. The van der Waals surface area contributed by atoms with Crippen molar-refractivity contribution in [2.45, 2.75) is 65.3 Å². The molecule has 2 atom stereocenters. The summed E-state index contributed by atoms with van der Waals surface area (Å²) in [5.41, 5.74) is 2.13. The van der Waals surface area contributed by atoms with Gasteiger partial charge in [-0.25, -0.2) is 9.78 Å². The Balaban J connectivity index is 1.40. The van der Waals surface area contributed by atoms with Crippen LogP contribution < -0.4 is 20.3 Å². The SMILES string of the molecule is CCCN(CC(=O)NC(C(=O)O[C@H](C=O)c1cc2n(c(=O)c1COC)Cc1cc3cc4c(cc3nc1-2)OCO4)C(C)C)C(=O)CCC(=O)O. The van der Waals surface area contributed by atoms with Crippen molar-refractivity contribution < 1.29 is 48.0 Å². The maximum absolute atomic E-state index is 13.8. The number of aliphatic carboxylic acids is 1. The molecular weight excluding hydrogens is 640 g/mol. The molecule has 15 heteroatoms. The number of hydrogen-bond donors (Lipinski definition) is 2. The third-order valence-electron chi connectivity index (χ3n) is 8.33. The molecule has 0 spiro atoms. The van der Waals surface area contributed by atoms with E-state index in [2.05, 4.69) is 5.32 Å². The Labute approximate surface area is 281 Å². The number of aromatic nitrogens is 2. The van der Waals surface area contributed by atoms with E-state index in [9.17, 15) is 28.8 Å². The Morgan fingerprint density at radius 2 is 1.86 bits per heavy atom. The molecule has 2 aliphatic heterocycles. The van der Waals surface area contributed by atoms with Crippen molar-refractivity contribution in [3.05, 3.63) is 51.3 Å². The van der Waals surface area contributed by atoms with Crippen LogP contribution in [0.1, 0.15) is 62.8 Å². The lowest BCUT2D eigenvalue weighted by Gasteiger charge is -2.26. The van der Waals surface area contributed by atoms with Crippen LogP contribution in [0, 0.1) is 5.92 Å². The van der Waals surface area contributed by atoms with Gasteiger partial charge < -0.3 is 38.8 Å². The molecule has 1 aromatic carbocycles. The largest absolute Gasteiger partial charge is 0.481 e. The van der Waals surface area contributed by atoms with Gasteiger partial charge in [0, 0.05) is 42.7 Å². The Morgan fingerprint density at radius 1 is 1.12 bits per heavy atom. The van der Waals surface area contributed by atoms with E-state index >= 15 is 0 Å². The summed E-state index contributed by atoms with van der Waals surface area (Å²) >= 11 is 0. The van der Waals surface area contributed by atoms with Gasteiger partial charge in [0.25, 0.3) is 5.56 Å². The van der Waals surface area contributed by atoms with E-state index in [1.54, 1.807) is 32.9 Å². The number of nitrogens with zero attached hydrogens (tertiary/aromatic N) is 3. The lowest BCUT2D eigenvalue weighted by atomic mass is 10.0. The van der Waals surface area contributed by atoms with Crippen LogP contribution in [-0.4, -0.2) is 82.6 Å². The molecule has 0 saturated carbocycles. The first-order chi connectivity index (χ1) is 23.4. The summed E-state index contributed by atoms with van der Waals surface area (Å²) in [6.45, 7) is 5.11. The number of ether oxygens (including phenoxy) is 4. The van der Waals surface area contributed by atoms with Crippen molar-refractivity contribution in [2.75, 3.05) is 27.0 Å². The van der Waals surface area contributed by atoms with Crippen LogP contribution in [0.15, 0.2) is 29.1 Å². The van der Waals surface area contributed by atoms with Crippen molar-refractivity contribution in [3.63, 3.8) is 0 Å². The van der Waals surface area contributed by atoms with Crippen LogP contribution in [-0.2, 0) is 46.6 Å². The smallest absolute Gasteiger partial charge is 0.329 e. The number of carbonyl (C=O) groups is 5. The number of hydrogen-bond acceptors (Lipinski definition) is 11. The Hall–Kier alpha value is -5.31. The molecule has 0 aliphatic carbocycles. The number of carboxylic acids is 1. The summed E-state index contributed by atoms with van der Waals surface area (Å²) in [5.74, 6) is -2.57. The monoisotopic (exact) mass is 678 g/mol. The van der Waals surface area contributed by atoms with Gasteiger partial charge in [0.1, 0.15) is 6.04 Å². The van der Waals surface area contributed by atoms with Gasteiger partial charge >= 0.3 is 11.9 Å². The van der Waals surface area contributed by atoms with E-state index in [4.69, 9.17) is 29.0 Å². The van der Waals surface area contributed by atoms with E-state index in [1.165, 1.54) is 16.6 Å². The number of carboxylic acid groups (broad SMARTS) is 1. The minimum absolute atomic E-state index is 0.105. The molecule has 2 amide bonds. The summed E-state index contributed by atoms with van der Waals surface area (Å²) in [7, 11) is 1.40. The Morgan fingerprint density at radius 3 is 2.51 bits per heavy atom. The van der Waals surface area contributed by atoms with Gasteiger partial charge in [-0.05, 0) is 30.5 Å². The Kier molecular flexibility index (Phi) is 10.6. The lowest BCUT2D eigenvalue weighted by Crippen LogP contribution is -2.50. The highest BCUT2D eigenvalue weighted by molar-refractivity contribution is 5.90. The number of amides is 2. The average molecular weight is 679 g/mol. The first kappa shape index (κ1) is 35.0. The number of benzene rings is 1. The molecule has 0 saturated heterocycles. The fourth-order valence-corrected chi connectivity index (χ4v) is 5.91. The first-order valence-corrected chi connectivity index (χ1v) is 15.9. The predicted octanol–water partition coefficient (Wildman–Crippen LogP) is 2.33. The topological polar surface area (TPSA) is 193 Å². The third kappa shape index (κ3) is 7.41. The molecular formula is C34H38N4O11. The number of methoxy groups -OCH3 is 1. The number of esters is 1. The van der Waals surface area contributed by atoms with Crippen molar-refractivity contribution in [1.29, 1.82) is 0 Å². The predicted molar refractivity (Wildman–Crippen MR) is 173 cm³/mol. The zero-order chi connectivity index (χ0) is 35.4. The summed E-state index contributed by atoms with van der Waals surface area (Å²) < 4.78 is 23.5. The van der Waals surface area contributed by atoms with E-state index in [1.807, 2.05) is 12.1 Å². The third-order valence-corrected chi connectivity index (χ3v) is 8.33. The van der Waals surface area contributed by atoms with Crippen molar-refractivity contribution in [1.82, 2.24) is 19.8 Å². The second-order valence-corrected chi connectivity index (χ2v) is 12.2. The van der Waals surface area contributed by atoms with Gasteiger partial charge in [-0.3, -0.25) is 24.0 Å². The molecule has 5 rings (SSSR count). The maximum Gasteiger partial charge on any atom is 0.329 e.